The summed E-state index contributed by atoms with van der Waals surface area (Å²) < 4.78 is 10.3. The van der Waals surface area contributed by atoms with E-state index in [1.54, 1.807) is 32.5 Å². The molecule has 0 saturated heterocycles. The van der Waals surface area contributed by atoms with Gasteiger partial charge in [0.2, 0.25) is 0 Å². The summed E-state index contributed by atoms with van der Waals surface area (Å²) in [7, 11) is 3.19. The molecular weight excluding hydrogens is 214 g/mol. The van der Waals surface area contributed by atoms with Crippen molar-refractivity contribution in [3.63, 3.8) is 0 Å². The van der Waals surface area contributed by atoms with Crippen LogP contribution in [0.1, 0.15) is 0 Å². The molecule has 1 aromatic carbocycles. The van der Waals surface area contributed by atoms with Gasteiger partial charge in [-0.05, 0) is 18.2 Å². The number of rotatable bonds is 2. The van der Waals surface area contributed by atoms with Crippen LogP contribution in [0.5, 0.6) is 11.5 Å². The van der Waals surface area contributed by atoms with Gasteiger partial charge in [0.05, 0.1) is 19.7 Å². The van der Waals surface area contributed by atoms with E-state index in [0.29, 0.717) is 16.3 Å². The second-order valence-corrected chi connectivity index (χ2v) is 3.37. The molecule has 0 aliphatic rings. The Morgan fingerprint density at radius 1 is 1.07 bits per heavy atom. The van der Waals surface area contributed by atoms with Crippen LogP contribution in [0.3, 0.4) is 0 Å². The largest absolute Gasteiger partial charge is 0.496 e. The lowest BCUT2D eigenvalue weighted by atomic mass is 10.2. The Morgan fingerprint density at radius 2 is 1.80 bits per heavy atom. The Hall–Kier alpha value is -1.48. The Kier molecular flexibility index (Phi) is 2.64. The van der Waals surface area contributed by atoms with Crippen molar-refractivity contribution in [1.82, 2.24) is 4.98 Å². The van der Waals surface area contributed by atoms with Gasteiger partial charge in [-0.15, -0.1) is 0 Å². The lowest BCUT2D eigenvalue weighted by Crippen LogP contribution is -1.90. The summed E-state index contributed by atoms with van der Waals surface area (Å²) in [6, 6.07) is 5.48. The highest BCUT2D eigenvalue weighted by Gasteiger charge is 2.09. The first-order chi connectivity index (χ1) is 7.27. The molecule has 0 fully saturated rings. The summed E-state index contributed by atoms with van der Waals surface area (Å²) in [6.45, 7) is 0. The standard InChI is InChI=1S/C11H10ClNO2/c1-14-8-5-6-13-11-7(8)3-4-9(15-2)10(11)12/h3-6H,1-2H3. The molecule has 1 aromatic heterocycles. The molecule has 0 saturated carbocycles. The first-order valence-electron chi connectivity index (χ1n) is 4.43. The van der Waals surface area contributed by atoms with E-state index < -0.39 is 0 Å². The molecule has 78 valence electrons. The van der Waals surface area contributed by atoms with Gasteiger partial charge in [-0.1, -0.05) is 11.6 Å². The Morgan fingerprint density at radius 3 is 2.47 bits per heavy atom. The van der Waals surface area contributed by atoms with Crippen molar-refractivity contribution < 1.29 is 9.47 Å². The van der Waals surface area contributed by atoms with Gasteiger partial charge in [-0.2, -0.15) is 0 Å². The van der Waals surface area contributed by atoms with E-state index >= 15 is 0 Å². The number of benzene rings is 1. The molecule has 2 rings (SSSR count). The fourth-order valence-corrected chi connectivity index (χ4v) is 1.77. The van der Waals surface area contributed by atoms with Crippen molar-refractivity contribution in [2.24, 2.45) is 0 Å². The van der Waals surface area contributed by atoms with Crippen LogP contribution in [0, 0.1) is 0 Å². The Labute approximate surface area is 92.6 Å². The van der Waals surface area contributed by atoms with Crippen LogP contribution in [0.4, 0.5) is 0 Å². The van der Waals surface area contributed by atoms with Crippen molar-refractivity contribution in [3.8, 4) is 11.5 Å². The van der Waals surface area contributed by atoms with Crippen LogP contribution in [0.25, 0.3) is 10.9 Å². The van der Waals surface area contributed by atoms with Gasteiger partial charge < -0.3 is 9.47 Å². The van der Waals surface area contributed by atoms with Gasteiger partial charge in [0, 0.05) is 11.6 Å². The highest BCUT2D eigenvalue weighted by Crippen LogP contribution is 2.34. The quantitative estimate of drug-likeness (QED) is 0.785. The third-order valence-electron chi connectivity index (χ3n) is 2.22. The van der Waals surface area contributed by atoms with Crippen LogP contribution in [-0.2, 0) is 0 Å². The van der Waals surface area contributed by atoms with Crippen LogP contribution in [0.15, 0.2) is 24.4 Å². The zero-order chi connectivity index (χ0) is 10.8. The van der Waals surface area contributed by atoms with Gasteiger partial charge in [-0.3, -0.25) is 4.98 Å². The van der Waals surface area contributed by atoms with Gasteiger partial charge in [-0.25, -0.2) is 0 Å². The van der Waals surface area contributed by atoms with Gasteiger partial charge >= 0.3 is 0 Å². The maximum absolute atomic E-state index is 6.13. The number of halogens is 1. The molecule has 0 aliphatic carbocycles. The molecule has 0 bridgehead atoms. The summed E-state index contributed by atoms with van der Waals surface area (Å²) in [6.07, 6.45) is 1.66. The summed E-state index contributed by atoms with van der Waals surface area (Å²) in [5, 5.41) is 1.39. The third-order valence-corrected chi connectivity index (χ3v) is 2.58. The van der Waals surface area contributed by atoms with Gasteiger partial charge in [0.15, 0.2) is 0 Å². The second-order valence-electron chi connectivity index (χ2n) is 2.99. The number of pyridine rings is 1. The predicted octanol–water partition coefficient (Wildman–Crippen LogP) is 2.91. The number of methoxy groups -OCH3 is 2. The molecule has 0 aliphatic heterocycles. The summed E-state index contributed by atoms with van der Waals surface area (Å²) >= 11 is 6.13. The van der Waals surface area contributed by atoms with E-state index in [9.17, 15) is 0 Å². The minimum absolute atomic E-state index is 0.508. The molecule has 0 unspecified atom stereocenters. The molecule has 2 aromatic rings. The monoisotopic (exact) mass is 223 g/mol. The lowest BCUT2D eigenvalue weighted by Gasteiger charge is -2.08. The van der Waals surface area contributed by atoms with E-state index in [1.165, 1.54) is 0 Å². The SMILES string of the molecule is COc1ccc2c(OC)ccnc2c1Cl. The van der Waals surface area contributed by atoms with Crippen LogP contribution in [-0.4, -0.2) is 19.2 Å². The van der Waals surface area contributed by atoms with Crippen molar-refractivity contribution in [2.75, 3.05) is 14.2 Å². The number of ether oxygens (including phenoxy) is 2. The molecule has 15 heavy (non-hydrogen) atoms. The van der Waals surface area contributed by atoms with Crippen molar-refractivity contribution in [3.05, 3.63) is 29.4 Å². The molecule has 1 heterocycles. The molecule has 4 heteroatoms. The maximum atomic E-state index is 6.13. The minimum Gasteiger partial charge on any atom is -0.496 e. The molecular formula is C11H10ClNO2. The van der Waals surface area contributed by atoms with Gasteiger partial charge in [0.25, 0.3) is 0 Å². The summed E-state index contributed by atoms with van der Waals surface area (Å²) in [5.41, 5.74) is 0.690. The number of aromatic nitrogens is 1. The van der Waals surface area contributed by atoms with E-state index in [0.717, 1.165) is 11.1 Å². The fourth-order valence-electron chi connectivity index (χ4n) is 1.48. The molecule has 0 N–H and O–H groups in total. The van der Waals surface area contributed by atoms with E-state index in [1.807, 2.05) is 6.07 Å². The van der Waals surface area contributed by atoms with Crippen LogP contribution < -0.4 is 9.47 Å². The Balaban J connectivity index is 2.78. The minimum atomic E-state index is 0.508. The molecule has 0 spiro atoms. The van der Waals surface area contributed by atoms with Gasteiger partial charge in [0.1, 0.15) is 16.5 Å². The smallest absolute Gasteiger partial charge is 0.139 e. The highest BCUT2D eigenvalue weighted by molar-refractivity contribution is 6.36. The average Bonchev–Trinajstić information content (AvgIpc) is 2.29. The van der Waals surface area contributed by atoms with Crippen molar-refractivity contribution in [2.45, 2.75) is 0 Å². The molecule has 0 radical (unpaired) electrons. The van der Waals surface area contributed by atoms with Crippen LogP contribution >= 0.6 is 11.6 Å². The average molecular weight is 224 g/mol. The number of hydrogen-bond donors (Lipinski definition) is 0. The van der Waals surface area contributed by atoms with E-state index in [2.05, 4.69) is 4.98 Å². The second kappa shape index (κ2) is 3.95. The molecule has 0 atom stereocenters. The zero-order valence-corrected chi connectivity index (χ0v) is 9.21. The maximum Gasteiger partial charge on any atom is 0.139 e. The van der Waals surface area contributed by atoms with Crippen molar-refractivity contribution >= 4 is 22.5 Å². The topological polar surface area (TPSA) is 31.4 Å². The third kappa shape index (κ3) is 1.59. The number of hydrogen-bond acceptors (Lipinski definition) is 3. The fraction of sp³-hybridized carbons (Fsp3) is 0.182. The number of fused-ring (bicyclic) bond motifs is 1. The Bertz CT molecular complexity index is 499. The predicted molar refractivity (Wildman–Crippen MR) is 59.9 cm³/mol. The van der Waals surface area contributed by atoms with Crippen LogP contribution in [0.2, 0.25) is 5.02 Å². The van der Waals surface area contributed by atoms with E-state index in [-0.39, 0.29) is 0 Å². The first kappa shape index (κ1) is 10.1. The summed E-state index contributed by atoms with van der Waals surface area (Å²) in [5.74, 6) is 1.37. The molecule has 0 amide bonds. The zero-order valence-electron chi connectivity index (χ0n) is 8.45. The van der Waals surface area contributed by atoms with Crippen molar-refractivity contribution in [1.29, 1.82) is 0 Å². The normalized spacial score (nSPS) is 10.3. The first-order valence-corrected chi connectivity index (χ1v) is 4.81. The van der Waals surface area contributed by atoms with E-state index in [4.69, 9.17) is 21.1 Å². The lowest BCUT2D eigenvalue weighted by molar-refractivity contribution is 0.414. The summed E-state index contributed by atoms with van der Waals surface area (Å²) in [4.78, 5) is 4.21. The highest BCUT2D eigenvalue weighted by atomic mass is 35.5. The molecule has 3 nitrogen and oxygen atoms in total. The number of nitrogens with zero attached hydrogens (tertiary/aromatic N) is 1.